The van der Waals surface area contributed by atoms with Gasteiger partial charge in [0, 0.05) is 0 Å². The molecule has 1 saturated heterocycles. The molecule has 7 heteroatoms. The van der Waals surface area contributed by atoms with Crippen LogP contribution in [0.3, 0.4) is 0 Å². The van der Waals surface area contributed by atoms with Crippen LogP contribution >= 0.6 is 0 Å². The Bertz CT molecular complexity index is 864. The number of nitrogens with one attached hydrogen (secondary N) is 1. The maximum absolute atomic E-state index is 13.1. The summed E-state index contributed by atoms with van der Waals surface area (Å²) >= 11 is 0. The van der Waals surface area contributed by atoms with Gasteiger partial charge < -0.3 is 10.1 Å². The van der Waals surface area contributed by atoms with Gasteiger partial charge in [-0.3, -0.25) is 9.69 Å². The molecule has 2 aromatic rings. The molecule has 0 spiro atoms. The molecular weight excluding hydrogens is 339 g/mol. The van der Waals surface area contributed by atoms with E-state index >= 15 is 0 Å². The number of rotatable bonds is 4. The lowest BCUT2D eigenvalue weighted by molar-refractivity contribution is -0.131. The van der Waals surface area contributed by atoms with Crippen LogP contribution < -0.4 is 5.32 Å². The summed E-state index contributed by atoms with van der Waals surface area (Å²) in [7, 11) is 1.29. The standard InChI is InChI=1S/C19H17FN2O4/c1-19(14-7-9-15(20)10-8-14)17(24)22(18(25)21-19)11-12-3-5-13(6-4-12)16(23)26-2/h3-10H,11H2,1-2H3,(H,21,25)/t19-/m0/s1. The van der Waals surface area contributed by atoms with Gasteiger partial charge in [0.25, 0.3) is 5.91 Å². The van der Waals surface area contributed by atoms with Gasteiger partial charge in [-0.25, -0.2) is 14.0 Å². The Labute approximate surface area is 149 Å². The SMILES string of the molecule is COC(=O)c1ccc(CN2C(=O)N[C@@](C)(c3ccc(F)cc3)C2=O)cc1. The first-order chi connectivity index (χ1) is 12.3. The molecule has 1 N–H and O–H groups in total. The Hall–Kier alpha value is -3.22. The molecule has 1 atom stereocenters. The smallest absolute Gasteiger partial charge is 0.337 e. The fourth-order valence-corrected chi connectivity index (χ4v) is 2.87. The number of imide groups is 1. The van der Waals surface area contributed by atoms with Crippen molar-refractivity contribution in [2.75, 3.05) is 7.11 Å². The van der Waals surface area contributed by atoms with Crippen molar-refractivity contribution in [3.05, 3.63) is 71.0 Å². The quantitative estimate of drug-likeness (QED) is 0.675. The van der Waals surface area contributed by atoms with Crippen LogP contribution in [0, 0.1) is 5.82 Å². The normalized spacial score (nSPS) is 19.4. The molecule has 2 aromatic carbocycles. The summed E-state index contributed by atoms with van der Waals surface area (Å²) < 4.78 is 17.8. The number of carbonyl (C=O) groups is 3. The summed E-state index contributed by atoms with van der Waals surface area (Å²) in [5, 5.41) is 2.67. The monoisotopic (exact) mass is 356 g/mol. The minimum absolute atomic E-state index is 0.0584. The Morgan fingerprint density at radius 2 is 1.73 bits per heavy atom. The van der Waals surface area contributed by atoms with Crippen molar-refractivity contribution in [1.29, 1.82) is 0 Å². The molecular formula is C19H17FN2O4. The molecule has 1 aliphatic rings. The summed E-state index contributed by atoms with van der Waals surface area (Å²) in [5.74, 6) is -1.31. The predicted octanol–water partition coefficient (Wildman–Crippen LogP) is 2.58. The van der Waals surface area contributed by atoms with E-state index < -0.39 is 29.3 Å². The Morgan fingerprint density at radius 3 is 2.31 bits per heavy atom. The van der Waals surface area contributed by atoms with Gasteiger partial charge in [0.05, 0.1) is 19.2 Å². The zero-order chi connectivity index (χ0) is 18.9. The van der Waals surface area contributed by atoms with Gasteiger partial charge in [-0.2, -0.15) is 0 Å². The van der Waals surface area contributed by atoms with Crippen molar-refractivity contribution >= 4 is 17.9 Å². The van der Waals surface area contributed by atoms with Crippen LogP contribution in [0.1, 0.15) is 28.4 Å². The van der Waals surface area contributed by atoms with Gasteiger partial charge in [-0.1, -0.05) is 24.3 Å². The number of carbonyl (C=O) groups excluding carboxylic acids is 3. The topological polar surface area (TPSA) is 75.7 Å². The highest BCUT2D eigenvalue weighted by atomic mass is 19.1. The number of esters is 1. The maximum Gasteiger partial charge on any atom is 0.337 e. The van der Waals surface area contributed by atoms with Gasteiger partial charge >= 0.3 is 12.0 Å². The van der Waals surface area contributed by atoms with Crippen molar-refractivity contribution in [3.63, 3.8) is 0 Å². The summed E-state index contributed by atoms with van der Waals surface area (Å²) in [6, 6.07) is 11.4. The second kappa shape index (κ2) is 6.59. The third-order valence-corrected chi connectivity index (χ3v) is 4.41. The lowest BCUT2D eigenvalue weighted by atomic mass is 9.92. The van der Waals surface area contributed by atoms with E-state index in [0.717, 1.165) is 4.90 Å². The molecule has 134 valence electrons. The first-order valence-corrected chi connectivity index (χ1v) is 7.92. The molecule has 26 heavy (non-hydrogen) atoms. The van der Waals surface area contributed by atoms with Gasteiger partial charge in [0.2, 0.25) is 0 Å². The third kappa shape index (κ3) is 3.03. The number of benzene rings is 2. The van der Waals surface area contributed by atoms with E-state index in [1.807, 2.05) is 0 Å². The molecule has 0 aliphatic carbocycles. The van der Waals surface area contributed by atoms with E-state index in [1.165, 1.54) is 31.4 Å². The lowest BCUT2D eigenvalue weighted by Crippen LogP contribution is -2.40. The van der Waals surface area contributed by atoms with Gasteiger partial charge in [0.1, 0.15) is 11.4 Å². The van der Waals surface area contributed by atoms with Gasteiger partial charge in [0.15, 0.2) is 0 Å². The van der Waals surface area contributed by atoms with Crippen molar-refractivity contribution in [3.8, 4) is 0 Å². The highest BCUT2D eigenvalue weighted by molar-refractivity contribution is 6.07. The molecule has 1 heterocycles. The lowest BCUT2D eigenvalue weighted by Gasteiger charge is -2.22. The minimum atomic E-state index is -1.25. The first kappa shape index (κ1) is 17.6. The van der Waals surface area contributed by atoms with Crippen molar-refractivity contribution in [2.45, 2.75) is 19.0 Å². The summed E-state index contributed by atoms with van der Waals surface area (Å²) in [4.78, 5) is 37.7. The van der Waals surface area contributed by atoms with E-state index in [0.29, 0.717) is 16.7 Å². The number of hydrogen-bond donors (Lipinski definition) is 1. The van der Waals surface area contributed by atoms with E-state index in [1.54, 1.807) is 31.2 Å². The molecule has 0 unspecified atom stereocenters. The third-order valence-electron chi connectivity index (χ3n) is 4.41. The number of hydrogen-bond acceptors (Lipinski definition) is 4. The van der Waals surface area contributed by atoms with Gasteiger partial charge in [-0.15, -0.1) is 0 Å². The van der Waals surface area contributed by atoms with Crippen molar-refractivity contribution in [2.24, 2.45) is 0 Å². The van der Waals surface area contributed by atoms with Crippen LogP contribution in [0.2, 0.25) is 0 Å². The van der Waals surface area contributed by atoms with E-state index in [9.17, 15) is 18.8 Å². The molecule has 3 amide bonds. The van der Waals surface area contributed by atoms with Crippen molar-refractivity contribution < 1.29 is 23.5 Å². The number of amides is 3. The van der Waals surface area contributed by atoms with E-state index in [2.05, 4.69) is 10.1 Å². The molecule has 0 aromatic heterocycles. The molecule has 1 fully saturated rings. The number of ether oxygens (including phenoxy) is 1. The predicted molar refractivity (Wildman–Crippen MR) is 90.6 cm³/mol. The van der Waals surface area contributed by atoms with E-state index in [4.69, 9.17) is 0 Å². The summed E-state index contributed by atoms with van der Waals surface area (Å²) in [6.07, 6.45) is 0. The van der Waals surface area contributed by atoms with Crippen LogP contribution in [0.25, 0.3) is 0 Å². The minimum Gasteiger partial charge on any atom is -0.465 e. The van der Waals surface area contributed by atoms with Crippen LogP contribution in [0.5, 0.6) is 0 Å². The van der Waals surface area contributed by atoms with Gasteiger partial charge in [-0.05, 0) is 42.3 Å². The van der Waals surface area contributed by atoms with E-state index in [-0.39, 0.29) is 6.54 Å². The molecule has 0 bridgehead atoms. The number of urea groups is 1. The van der Waals surface area contributed by atoms with Crippen LogP contribution in [-0.4, -0.2) is 29.9 Å². The zero-order valence-electron chi connectivity index (χ0n) is 14.3. The molecule has 1 aliphatic heterocycles. The second-order valence-electron chi connectivity index (χ2n) is 6.14. The number of methoxy groups -OCH3 is 1. The molecule has 0 saturated carbocycles. The molecule has 0 radical (unpaired) electrons. The Morgan fingerprint density at radius 1 is 1.12 bits per heavy atom. The Kier molecular flexibility index (Phi) is 4.46. The highest BCUT2D eigenvalue weighted by Crippen LogP contribution is 2.30. The fraction of sp³-hybridized carbons (Fsp3) is 0.211. The Balaban J connectivity index is 1.81. The van der Waals surface area contributed by atoms with Crippen LogP contribution in [-0.2, 0) is 21.6 Å². The molecule has 3 rings (SSSR count). The zero-order valence-corrected chi connectivity index (χ0v) is 14.3. The summed E-state index contributed by atoms with van der Waals surface area (Å²) in [6.45, 7) is 1.64. The first-order valence-electron chi connectivity index (χ1n) is 7.92. The number of halogens is 1. The van der Waals surface area contributed by atoms with Crippen molar-refractivity contribution in [1.82, 2.24) is 10.2 Å². The number of nitrogens with zero attached hydrogens (tertiary/aromatic N) is 1. The average molecular weight is 356 g/mol. The fourth-order valence-electron chi connectivity index (χ4n) is 2.87. The maximum atomic E-state index is 13.1. The largest absolute Gasteiger partial charge is 0.465 e. The second-order valence-corrected chi connectivity index (χ2v) is 6.14. The average Bonchev–Trinajstić information content (AvgIpc) is 2.86. The highest BCUT2D eigenvalue weighted by Gasteiger charge is 2.48. The molecule has 6 nitrogen and oxygen atoms in total. The summed E-state index contributed by atoms with van der Waals surface area (Å²) in [5.41, 5.74) is 0.311. The van der Waals surface area contributed by atoms with Crippen LogP contribution in [0.15, 0.2) is 48.5 Å². The van der Waals surface area contributed by atoms with Crippen LogP contribution in [0.4, 0.5) is 9.18 Å².